The van der Waals surface area contributed by atoms with E-state index < -0.39 is 0 Å². The molecule has 0 heterocycles. The fourth-order valence-corrected chi connectivity index (χ4v) is 1.57. The van der Waals surface area contributed by atoms with Gasteiger partial charge in [0, 0.05) is 5.69 Å². The van der Waals surface area contributed by atoms with E-state index in [9.17, 15) is 4.79 Å². The Morgan fingerprint density at radius 2 is 1.94 bits per heavy atom. The molecule has 0 saturated carbocycles. The summed E-state index contributed by atoms with van der Waals surface area (Å²) >= 11 is 0. The van der Waals surface area contributed by atoms with E-state index in [-0.39, 0.29) is 24.4 Å². The maximum absolute atomic E-state index is 11.9. The maximum atomic E-state index is 11.9. The normalized spacial score (nSPS) is 11.4. The highest BCUT2D eigenvalue weighted by Crippen LogP contribution is 2.07. The lowest BCUT2D eigenvalue weighted by atomic mass is 10.1. The first-order valence-corrected chi connectivity index (χ1v) is 5.81. The molecule has 2 N–H and O–H groups in total. The summed E-state index contributed by atoms with van der Waals surface area (Å²) in [6, 6.07) is 9.45. The second kappa shape index (κ2) is 9.02. The number of carbonyl (C=O) groups excluding carboxylic acids is 1. The zero-order valence-corrected chi connectivity index (χ0v) is 11.2. The Bertz CT molecular complexity index is 316. The molecule has 3 nitrogen and oxygen atoms in total. The summed E-state index contributed by atoms with van der Waals surface area (Å²) in [5.74, 6) is 0.0437. The van der Waals surface area contributed by atoms with Crippen molar-refractivity contribution in [3.05, 3.63) is 30.3 Å². The van der Waals surface area contributed by atoms with Crippen LogP contribution in [0.5, 0.6) is 0 Å². The Hall–Kier alpha value is -1.06. The standard InChI is InChI=1S/C13H20N2O.ClH/c1-3-4-10-12(14-2)13(16)15-11-8-6-5-7-9-11;/h5-9,12,14H,3-4,10H2,1-2H3,(H,15,16);1H/t12-;/m1./s1. The van der Waals surface area contributed by atoms with E-state index in [1.54, 1.807) is 0 Å². The summed E-state index contributed by atoms with van der Waals surface area (Å²) in [5, 5.41) is 5.95. The minimum absolute atomic E-state index is 0. The van der Waals surface area contributed by atoms with Gasteiger partial charge in [-0.3, -0.25) is 4.79 Å². The number of carbonyl (C=O) groups is 1. The van der Waals surface area contributed by atoms with E-state index in [2.05, 4.69) is 17.6 Å². The average Bonchev–Trinajstić information content (AvgIpc) is 2.31. The van der Waals surface area contributed by atoms with Crippen molar-refractivity contribution in [3.63, 3.8) is 0 Å². The molecule has 1 aromatic rings. The van der Waals surface area contributed by atoms with Crippen LogP contribution in [0.2, 0.25) is 0 Å². The predicted octanol–water partition coefficient (Wildman–Crippen LogP) is 2.83. The number of hydrogen-bond acceptors (Lipinski definition) is 2. The van der Waals surface area contributed by atoms with Gasteiger partial charge in [-0.1, -0.05) is 38.0 Å². The largest absolute Gasteiger partial charge is 0.325 e. The lowest BCUT2D eigenvalue weighted by molar-refractivity contribution is -0.118. The van der Waals surface area contributed by atoms with Gasteiger partial charge in [0.05, 0.1) is 6.04 Å². The smallest absolute Gasteiger partial charge is 0.241 e. The van der Waals surface area contributed by atoms with Gasteiger partial charge in [-0.05, 0) is 25.6 Å². The maximum Gasteiger partial charge on any atom is 0.241 e. The van der Waals surface area contributed by atoms with Crippen LogP contribution in [0.1, 0.15) is 26.2 Å². The third-order valence-corrected chi connectivity index (χ3v) is 2.55. The molecule has 0 aromatic heterocycles. The quantitative estimate of drug-likeness (QED) is 0.822. The van der Waals surface area contributed by atoms with E-state index in [0.29, 0.717) is 0 Å². The zero-order valence-electron chi connectivity index (χ0n) is 10.4. The van der Waals surface area contributed by atoms with E-state index in [1.807, 2.05) is 37.4 Å². The van der Waals surface area contributed by atoms with E-state index in [1.165, 1.54) is 0 Å². The van der Waals surface area contributed by atoms with Gasteiger partial charge in [0.25, 0.3) is 0 Å². The van der Waals surface area contributed by atoms with Crippen molar-refractivity contribution in [2.24, 2.45) is 0 Å². The highest BCUT2D eigenvalue weighted by Gasteiger charge is 2.15. The molecule has 1 rings (SSSR count). The number of para-hydroxylation sites is 1. The number of benzene rings is 1. The van der Waals surface area contributed by atoms with Crippen LogP contribution in [0.4, 0.5) is 5.69 Å². The first-order chi connectivity index (χ1) is 7.77. The van der Waals surface area contributed by atoms with Gasteiger partial charge in [0.2, 0.25) is 5.91 Å². The second-order valence-electron chi connectivity index (χ2n) is 3.84. The Morgan fingerprint density at radius 3 is 2.47 bits per heavy atom. The Kier molecular flexibility index (Phi) is 8.46. The fourth-order valence-electron chi connectivity index (χ4n) is 1.57. The average molecular weight is 257 g/mol. The molecular weight excluding hydrogens is 236 g/mol. The molecule has 0 aliphatic rings. The minimum Gasteiger partial charge on any atom is -0.325 e. The third kappa shape index (κ3) is 5.71. The Morgan fingerprint density at radius 1 is 1.29 bits per heavy atom. The molecule has 0 fully saturated rings. The topological polar surface area (TPSA) is 41.1 Å². The summed E-state index contributed by atoms with van der Waals surface area (Å²) < 4.78 is 0. The number of amides is 1. The van der Waals surface area contributed by atoms with Crippen molar-refractivity contribution in [2.75, 3.05) is 12.4 Å². The van der Waals surface area contributed by atoms with Crippen LogP contribution >= 0.6 is 12.4 Å². The molecule has 96 valence electrons. The molecule has 0 aliphatic heterocycles. The monoisotopic (exact) mass is 256 g/mol. The molecule has 0 aliphatic carbocycles. The van der Waals surface area contributed by atoms with E-state index >= 15 is 0 Å². The van der Waals surface area contributed by atoms with Gasteiger partial charge in [0.1, 0.15) is 0 Å². The van der Waals surface area contributed by atoms with Gasteiger partial charge < -0.3 is 10.6 Å². The molecule has 0 radical (unpaired) electrons. The summed E-state index contributed by atoms with van der Waals surface area (Å²) in [6.07, 6.45) is 3.05. The van der Waals surface area contributed by atoms with Gasteiger partial charge >= 0.3 is 0 Å². The molecule has 1 amide bonds. The SMILES string of the molecule is CCCC[C@@H](NC)C(=O)Nc1ccccc1.Cl. The first-order valence-electron chi connectivity index (χ1n) is 5.81. The number of anilines is 1. The third-order valence-electron chi connectivity index (χ3n) is 2.55. The highest BCUT2D eigenvalue weighted by molar-refractivity contribution is 5.94. The lowest BCUT2D eigenvalue weighted by Crippen LogP contribution is -2.38. The number of halogens is 1. The van der Waals surface area contributed by atoms with Crippen molar-refractivity contribution in [1.29, 1.82) is 0 Å². The molecule has 17 heavy (non-hydrogen) atoms. The summed E-state index contributed by atoms with van der Waals surface area (Å²) in [4.78, 5) is 11.9. The van der Waals surface area contributed by atoms with Crippen molar-refractivity contribution >= 4 is 24.0 Å². The number of hydrogen-bond donors (Lipinski definition) is 2. The molecule has 0 spiro atoms. The van der Waals surface area contributed by atoms with Crippen molar-refractivity contribution in [1.82, 2.24) is 5.32 Å². The Balaban J connectivity index is 0.00000256. The van der Waals surface area contributed by atoms with Crippen LogP contribution in [0.15, 0.2) is 30.3 Å². The Labute approximate surface area is 109 Å². The molecule has 4 heteroatoms. The van der Waals surface area contributed by atoms with E-state index in [4.69, 9.17) is 0 Å². The second-order valence-corrected chi connectivity index (χ2v) is 3.84. The summed E-state index contributed by atoms with van der Waals surface area (Å²) in [7, 11) is 1.82. The molecule has 0 saturated heterocycles. The molecule has 1 atom stereocenters. The molecule has 0 bridgehead atoms. The number of unbranched alkanes of at least 4 members (excludes halogenated alkanes) is 1. The van der Waals surface area contributed by atoms with Crippen molar-refractivity contribution in [2.45, 2.75) is 32.2 Å². The van der Waals surface area contributed by atoms with Crippen LogP contribution in [-0.4, -0.2) is 19.0 Å². The predicted molar refractivity (Wildman–Crippen MR) is 74.7 cm³/mol. The van der Waals surface area contributed by atoms with Crippen molar-refractivity contribution in [3.8, 4) is 0 Å². The van der Waals surface area contributed by atoms with Gasteiger partial charge in [-0.2, -0.15) is 0 Å². The lowest BCUT2D eigenvalue weighted by Gasteiger charge is -2.15. The van der Waals surface area contributed by atoms with Crippen LogP contribution in [0.25, 0.3) is 0 Å². The number of nitrogens with one attached hydrogen (secondary N) is 2. The summed E-state index contributed by atoms with van der Waals surface area (Å²) in [6.45, 7) is 2.13. The van der Waals surface area contributed by atoms with Crippen LogP contribution in [0.3, 0.4) is 0 Å². The van der Waals surface area contributed by atoms with Gasteiger partial charge in [-0.25, -0.2) is 0 Å². The zero-order chi connectivity index (χ0) is 11.8. The summed E-state index contributed by atoms with van der Waals surface area (Å²) in [5.41, 5.74) is 0.851. The number of rotatable bonds is 6. The fraction of sp³-hybridized carbons (Fsp3) is 0.462. The van der Waals surface area contributed by atoms with Crippen molar-refractivity contribution < 1.29 is 4.79 Å². The van der Waals surface area contributed by atoms with Gasteiger partial charge in [-0.15, -0.1) is 12.4 Å². The van der Waals surface area contributed by atoms with E-state index in [0.717, 1.165) is 24.9 Å². The van der Waals surface area contributed by atoms with Crippen LogP contribution < -0.4 is 10.6 Å². The molecule has 0 unspecified atom stereocenters. The molecule has 1 aromatic carbocycles. The highest BCUT2D eigenvalue weighted by atomic mass is 35.5. The van der Waals surface area contributed by atoms with Crippen LogP contribution in [0, 0.1) is 0 Å². The number of likely N-dealkylation sites (N-methyl/N-ethyl adjacent to an activating group) is 1. The molecular formula is C13H21ClN2O. The minimum atomic E-state index is -0.0971. The van der Waals surface area contributed by atoms with Gasteiger partial charge in [0.15, 0.2) is 0 Å². The first kappa shape index (κ1) is 15.9. The van der Waals surface area contributed by atoms with Crippen LogP contribution in [-0.2, 0) is 4.79 Å².